The molecule has 8 nitrogen and oxygen atoms in total. The van der Waals surface area contributed by atoms with Crippen molar-refractivity contribution in [3.8, 4) is 0 Å². The third kappa shape index (κ3) is 14.1. The molecule has 0 unspecified atom stereocenters. The van der Waals surface area contributed by atoms with Crippen LogP contribution in [-0.2, 0) is 9.47 Å². The van der Waals surface area contributed by atoms with Gasteiger partial charge >= 0.3 is 6.09 Å². The molecule has 0 atom stereocenters. The van der Waals surface area contributed by atoms with Crippen molar-refractivity contribution in [2.45, 2.75) is 71.9 Å². The number of carbonyl (C=O) groups excluding carboxylic acids is 1. The van der Waals surface area contributed by atoms with E-state index >= 15 is 0 Å². The van der Waals surface area contributed by atoms with Crippen molar-refractivity contribution in [1.29, 1.82) is 0 Å². The molecule has 0 saturated carbocycles. The van der Waals surface area contributed by atoms with Crippen LogP contribution in [0.5, 0.6) is 0 Å². The number of piperidine rings is 1. The van der Waals surface area contributed by atoms with Crippen LogP contribution in [0.1, 0.15) is 60.3 Å². The van der Waals surface area contributed by atoms with Crippen LogP contribution in [-0.4, -0.2) is 93.0 Å². The monoisotopic (exact) mass is 555 g/mol. The minimum atomic E-state index is -0.485. The molecule has 184 valence electrons. The van der Waals surface area contributed by atoms with E-state index in [1.54, 1.807) is 12.0 Å². The van der Waals surface area contributed by atoms with Crippen molar-refractivity contribution in [3.05, 3.63) is 0 Å². The SMILES string of the molecule is CCCN(CCN=C(NCC)NC1CCN(CCCOC)CC1)C(=O)OC(C)(C)C.I. The van der Waals surface area contributed by atoms with Crippen molar-refractivity contribution < 1.29 is 14.3 Å². The summed E-state index contributed by atoms with van der Waals surface area (Å²) in [7, 11) is 1.76. The quantitative estimate of drug-likeness (QED) is 0.176. The Hall–Kier alpha value is -0.810. The molecular weight excluding hydrogens is 509 g/mol. The highest BCUT2D eigenvalue weighted by atomic mass is 127. The van der Waals surface area contributed by atoms with E-state index in [1.165, 1.54) is 0 Å². The first kappa shape index (κ1) is 30.2. The van der Waals surface area contributed by atoms with Crippen molar-refractivity contribution in [2.24, 2.45) is 4.99 Å². The van der Waals surface area contributed by atoms with Crippen LogP contribution in [0.3, 0.4) is 0 Å². The zero-order valence-corrected chi connectivity index (χ0v) is 22.9. The number of likely N-dealkylation sites (tertiary alicyclic amines) is 1. The molecule has 1 amide bonds. The summed E-state index contributed by atoms with van der Waals surface area (Å²) in [6.45, 7) is 16.5. The van der Waals surface area contributed by atoms with E-state index in [0.717, 1.165) is 64.4 Å². The first-order valence-corrected chi connectivity index (χ1v) is 11.5. The minimum absolute atomic E-state index is 0. The van der Waals surface area contributed by atoms with Gasteiger partial charge in [0.2, 0.25) is 0 Å². The highest BCUT2D eigenvalue weighted by Crippen LogP contribution is 2.11. The summed E-state index contributed by atoms with van der Waals surface area (Å²) in [6.07, 6.45) is 3.93. The molecule has 1 rings (SSSR count). The van der Waals surface area contributed by atoms with E-state index in [0.29, 0.717) is 25.7 Å². The van der Waals surface area contributed by atoms with E-state index in [1.807, 2.05) is 20.8 Å². The van der Waals surface area contributed by atoms with Crippen molar-refractivity contribution in [2.75, 3.05) is 59.5 Å². The lowest BCUT2D eigenvalue weighted by atomic mass is 10.1. The second-order valence-corrected chi connectivity index (χ2v) is 8.83. The Morgan fingerprint density at radius 2 is 1.87 bits per heavy atom. The Bertz CT molecular complexity index is 506. The zero-order chi connectivity index (χ0) is 22.4. The fourth-order valence-electron chi connectivity index (χ4n) is 3.42. The number of nitrogens with one attached hydrogen (secondary N) is 2. The van der Waals surface area contributed by atoms with E-state index in [-0.39, 0.29) is 30.1 Å². The highest BCUT2D eigenvalue weighted by Gasteiger charge is 2.22. The summed E-state index contributed by atoms with van der Waals surface area (Å²) < 4.78 is 10.7. The van der Waals surface area contributed by atoms with Gasteiger partial charge in [0, 0.05) is 59.0 Å². The van der Waals surface area contributed by atoms with Crippen LogP contribution in [0, 0.1) is 0 Å². The van der Waals surface area contributed by atoms with Gasteiger partial charge in [-0.25, -0.2) is 4.79 Å². The van der Waals surface area contributed by atoms with Crippen LogP contribution in [0.15, 0.2) is 4.99 Å². The van der Waals surface area contributed by atoms with Crippen LogP contribution < -0.4 is 10.6 Å². The standard InChI is InChI=1S/C22H45N5O3.HI/c1-7-13-27(21(28)30-22(3,4)5)17-12-24-20(23-8-2)25-19-10-15-26(16-11-19)14-9-18-29-6;/h19H,7-18H2,1-6H3,(H2,23,24,25);1H. The number of methoxy groups -OCH3 is 1. The molecule has 2 N–H and O–H groups in total. The molecule has 9 heteroatoms. The first-order chi connectivity index (χ1) is 14.3. The van der Waals surface area contributed by atoms with Crippen LogP contribution >= 0.6 is 24.0 Å². The Labute approximate surface area is 206 Å². The Morgan fingerprint density at radius 3 is 2.42 bits per heavy atom. The number of nitrogens with zero attached hydrogens (tertiary/aromatic N) is 3. The molecule has 1 aliphatic rings. The van der Waals surface area contributed by atoms with Gasteiger partial charge < -0.3 is 29.9 Å². The van der Waals surface area contributed by atoms with Gasteiger partial charge in [-0.15, -0.1) is 24.0 Å². The van der Waals surface area contributed by atoms with Gasteiger partial charge in [-0.05, 0) is 53.4 Å². The molecule has 1 saturated heterocycles. The largest absolute Gasteiger partial charge is 0.444 e. The predicted octanol–water partition coefficient (Wildman–Crippen LogP) is 3.31. The summed E-state index contributed by atoms with van der Waals surface area (Å²) in [6, 6.07) is 0.430. The molecular formula is C22H46IN5O3. The van der Waals surface area contributed by atoms with Gasteiger partial charge in [-0.2, -0.15) is 0 Å². The number of halogens is 1. The molecule has 0 radical (unpaired) electrons. The normalized spacial score (nSPS) is 15.9. The summed E-state index contributed by atoms with van der Waals surface area (Å²) in [5.74, 6) is 0.830. The Balaban J connectivity index is 0.00000900. The average molecular weight is 556 g/mol. The van der Waals surface area contributed by atoms with E-state index in [9.17, 15) is 4.79 Å². The van der Waals surface area contributed by atoms with Crippen LogP contribution in [0.4, 0.5) is 4.79 Å². The van der Waals surface area contributed by atoms with E-state index in [2.05, 4.69) is 29.4 Å². The summed E-state index contributed by atoms with van der Waals surface area (Å²) in [5.41, 5.74) is -0.485. The number of carbonyl (C=O) groups is 1. The summed E-state index contributed by atoms with van der Waals surface area (Å²) in [4.78, 5) is 21.4. The maximum Gasteiger partial charge on any atom is 0.410 e. The molecule has 0 bridgehead atoms. The third-order valence-corrected chi connectivity index (χ3v) is 4.88. The second-order valence-electron chi connectivity index (χ2n) is 8.83. The number of rotatable bonds is 11. The van der Waals surface area contributed by atoms with E-state index in [4.69, 9.17) is 14.5 Å². The lowest BCUT2D eigenvalue weighted by Gasteiger charge is -2.33. The van der Waals surface area contributed by atoms with Gasteiger partial charge in [0.15, 0.2) is 5.96 Å². The molecule has 1 aliphatic heterocycles. The summed E-state index contributed by atoms with van der Waals surface area (Å²) in [5, 5.41) is 6.90. The molecule has 0 spiro atoms. The number of amides is 1. The number of hydrogen-bond donors (Lipinski definition) is 2. The summed E-state index contributed by atoms with van der Waals surface area (Å²) >= 11 is 0. The second kappa shape index (κ2) is 16.8. The molecule has 1 heterocycles. The number of hydrogen-bond acceptors (Lipinski definition) is 5. The van der Waals surface area contributed by atoms with Gasteiger partial charge in [-0.1, -0.05) is 6.92 Å². The highest BCUT2D eigenvalue weighted by molar-refractivity contribution is 14.0. The van der Waals surface area contributed by atoms with E-state index < -0.39 is 5.60 Å². The van der Waals surface area contributed by atoms with Gasteiger partial charge in [0.1, 0.15) is 5.60 Å². The topological polar surface area (TPSA) is 78.4 Å². The van der Waals surface area contributed by atoms with Crippen LogP contribution in [0.25, 0.3) is 0 Å². The average Bonchev–Trinajstić information content (AvgIpc) is 2.67. The maximum atomic E-state index is 12.4. The lowest BCUT2D eigenvalue weighted by Crippen LogP contribution is -2.49. The smallest absolute Gasteiger partial charge is 0.410 e. The zero-order valence-electron chi connectivity index (χ0n) is 20.5. The van der Waals surface area contributed by atoms with Crippen molar-refractivity contribution in [3.63, 3.8) is 0 Å². The van der Waals surface area contributed by atoms with Crippen molar-refractivity contribution >= 4 is 36.0 Å². The van der Waals surface area contributed by atoms with Gasteiger partial charge in [0.05, 0.1) is 6.54 Å². The predicted molar refractivity (Wildman–Crippen MR) is 139 cm³/mol. The first-order valence-electron chi connectivity index (χ1n) is 11.5. The Morgan fingerprint density at radius 1 is 1.19 bits per heavy atom. The molecule has 0 aliphatic carbocycles. The van der Waals surface area contributed by atoms with Gasteiger partial charge in [0.25, 0.3) is 0 Å². The third-order valence-electron chi connectivity index (χ3n) is 4.88. The minimum Gasteiger partial charge on any atom is -0.444 e. The fraction of sp³-hybridized carbons (Fsp3) is 0.909. The molecule has 0 aromatic rings. The molecule has 0 aromatic heterocycles. The lowest BCUT2D eigenvalue weighted by molar-refractivity contribution is 0.0256. The number of aliphatic imine (C=N–C) groups is 1. The van der Waals surface area contributed by atoms with Gasteiger partial charge in [-0.3, -0.25) is 4.99 Å². The number of ether oxygens (including phenoxy) is 2. The molecule has 0 aromatic carbocycles. The fourth-order valence-corrected chi connectivity index (χ4v) is 3.42. The molecule has 1 fully saturated rings. The Kier molecular flexibility index (Phi) is 16.3. The number of guanidine groups is 1. The van der Waals surface area contributed by atoms with Crippen LogP contribution in [0.2, 0.25) is 0 Å². The van der Waals surface area contributed by atoms with Crippen molar-refractivity contribution in [1.82, 2.24) is 20.4 Å². The maximum absolute atomic E-state index is 12.4. The molecule has 31 heavy (non-hydrogen) atoms.